The lowest BCUT2D eigenvalue weighted by Gasteiger charge is -2.24. The van der Waals surface area contributed by atoms with Crippen LogP contribution >= 0.6 is 0 Å². The van der Waals surface area contributed by atoms with Gasteiger partial charge in [-0.15, -0.1) is 0 Å². The molecule has 3 nitrogen and oxygen atoms in total. The average molecular weight is 287 g/mol. The molecule has 0 aromatic heterocycles. The van der Waals surface area contributed by atoms with Crippen molar-refractivity contribution in [2.75, 3.05) is 13.7 Å². The monoisotopic (exact) mass is 287 g/mol. The maximum Gasteiger partial charge on any atom is 0.401 e. The SMILES string of the molecule is COC(=O)c1ccccc1CN(CC(F)(F)F)C1CC1. The number of benzene rings is 1. The first-order valence-electron chi connectivity index (χ1n) is 6.38. The maximum absolute atomic E-state index is 12.6. The fourth-order valence-electron chi connectivity index (χ4n) is 2.17. The molecule has 0 radical (unpaired) electrons. The standard InChI is InChI=1S/C14H16F3NO2/c1-20-13(19)12-5-3-2-4-10(12)8-18(11-6-7-11)9-14(15,16)17/h2-5,11H,6-9H2,1H3. The molecular weight excluding hydrogens is 271 g/mol. The molecule has 110 valence electrons. The van der Waals surface area contributed by atoms with Crippen molar-refractivity contribution in [3.63, 3.8) is 0 Å². The predicted octanol–water partition coefficient (Wildman–Crippen LogP) is 3.00. The van der Waals surface area contributed by atoms with Gasteiger partial charge in [0.15, 0.2) is 0 Å². The van der Waals surface area contributed by atoms with Crippen LogP contribution in [-0.2, 0) is 11.3 Å². The molecule has 0 saturated heterocycles. The van der Waals surface area contributed by atoms with Crippen LogP contribution in [0.5, 0.6) is 0 Å². The van der Waals surface area contributed by atoms with Crippen LogP contribution in [0.1, 0.15) is 28.8 Å². The summed E-state index contributed by atoms with van der Waals surface area (Å²) >= 11 is 0. The zero-order valence-electron chi connectivity index (χ0n) is 11.1. The van der Waals surface area contributed by atoms with Crippen LogP contribution in [0.3, 0.4) is 0 Å². The van der Waals surface area contributed by atoms with Gasteiger partial charge in [-0.3, -0.25) is 4.90 Å². The van der Waals surface area contributed by atoms with E-state index in [9.17, 15) is 18.0 Å². The Balaban J connectivity index is 2.16. The zero-order valence-corrected chi connectivity index (χ0v) is 11.1. The number of ether oxygens (including phenoxy) is 1. The number of rotatable bonds is 5. The van der Waals surface area contributed by atoms with E-state index in [2.05, 4.69) is 4.74 Å². The minimum absolute atomic E-state index is 0.0395. The first-order valence-corrected chi connectivity index (χ1v) is 6.38. The topological polar surface area (TPSA) is 29.5 Å². The number of esters is 1. The first-order chi connectivity index (χ1) is 9.40. The van der Waals surface area contributed by atoms with Crippen LogP contribution in [0, 0.1) is 0 Å². The molecule has 1 fully saturated rings. The van der Waals surface area contributed by atoms with Crippen LogP contribution in [0.15, 0.2) is 24.3 Å². The van der Waals surface area contributed by atoms with Crippen molar-refractivity contribution in [3.8, 4) is 0 Å². The van der Waals surface area contributed by atoms with Gasteiger partial charge in [0, 0.05) is 12.6 Å². The van der Waals surface area contributed by atoms with Crippen LogP contribution in [0.4, 0.5) is 13.2 Å². The fourth-order valence-corrected chi connectivity index (χ4v) is 2.17. The van der Waals surface area contributed by atoms with Crippen LogP contribution < -0.4 is 0 Å². The molecule has 1 aromatic rings. The van der Waals surface area contributed by atoms with Crippen molar-refractivity contribution in [3.05, 3.63) is 35.4 Å². The number of carbonyl (C=O) groups excluding carboxylic acids is 1. The summed E-state index contributed by atoms with van der Waals surface area (Å²) in [5.41, 5.74) is 0.887. The normalized spacial score (nSPS) is 15.4. The van der Waals surface area contributed by atoms with Crippen LogP contribution in [0.2, 0.25) is 0 Å². The Bertz CT molecular complexity index is 484. The first kappa shape index (κ1) is 14.8. The van der Waals surface area contributed by atoms with E-state index in [4.69, 9.17) is 0 Å². The highest BCUT2D eigenvalue weighted by Gasteiger charge is 2.38. The van der Waals surface area contributed by atoms with Gasteiger partial charge in [-0.25, -0.2) is 4.79 Å². The van der Waals surface area contributed by atoms with Crippen molar-refractivity contribution in [2.45, 2.75) is 31.6 Å². The lowest BCUT2D eigenvalue weighted by molar-refractivity contribution is -0.148. The van der Waals surface area contributed by atoms with Gasteiger partial charge in [-0.2, -0.15) is 13.2 Å². The second kappa shape index (κ2) is 5.83. The van der Waals surface area contributed by atoms with Crippen molar-refractivity contribution < 1.29 is 22.7 Å². The Kier molecular flexibility index (Phi) is 4.32. The molecule has 1 aromatic carbocycles. The van der Waals surface area contributed by atoms with Gasteiger partial charge in [-0.05, 0) is 24.5 Å². The molecular formula is C14H16F3NO2. The van der Waals surface area contributed by atoms with E-state index in [-0.39, 0.29) is 12.6 Å². The van der Waals surface area contributed by atoms with E-state index >= 15 is 0 Å². The zero-order chi connectivity index (χ0) is 14.8. The fraction of sp³-hybridized carbons (Fsp3) is 0.500. The Morgan fingerprint density at radius 1 is 1.35 bits per heavy atom. The molecule has 1 aliphatic rings. The minimum Gasteiger partial charge on any atom is -0.465 e. The van der Waals surface area contributed by atoms with Crippen molar-refractivity contribution in [1.29, 1.82) is 0 Å². The molecule has 0 amide bonds. The Hall–Kier alpha value is -1.56. The molecule has 2 rings (SSSR count). The summed E-state index contributed by atoms with van der Waals surface area (Å²) in [6, 6.07) is 6.57. The van der Waals surface area contributed by atoms with Gasteiger partial charge >= 0.3 is 12.1 Å². The van der Waals surface area contributed by atoms with Gasteiger partial charge < -0.3 is 4.74 Å². The minimum atomic E-state index is -4.23. The van der Waals surface area contributed by atoms with Crippen molar-refractivity contribution >= 4 is 5.97 Å². The molecule has 0 spiro atoms. The Morgan fingerprint density at radius 2 is 2.00 bits per heavy atom. The highest BCUT2D eigenvalue weighted by molar-refractivity contribution is 5.90. The molecule has 0 unspecified atom stereocenters. The van der Waals surface area contributed by atoms with E-state index in [0.29, 0.717) is 11.1 Å². The van der Waals surface area contributed by atoms with E-state index < -0.39 is 18.7 Å². The lowest BCUT2D eigenvalue weighted by atomic mass is 10.1. The summed E-state index contributed by atoms with van der Waals surface area (Å²) in [6.45, 7) is -0.845. The van der Waals surface area contributed by atoms with Gasteiger partial charge in [-0.1, -0.05) is 18.2 Å². The van der Waals surface area contributed by atoms with Crippen molar-refractivity contribution in [2.24, 2.45) is 0 Å². The third-order valence-corrected chi connectivity index (χ3v) is 3.24. The Morgan fingerprint density at radius 3 is 2.55 bits per heavy atom. The summed E-state index contributed by atoms with van der Waals surface area (Å²) in [4.78, 5) is 13.0. The van der Waals surface area contributed by atoms with Crippen LogP contribution in [-0.4, -0.2) is 36.7 Å². The van der Waals surface area contributed by atoms with Crippen LogP contribution in [0.25, 0.3) is 0 Å². The average Bonchev–Trinajstić information content (AvgIpc) is 3.20. The molecule has 20 heavy (non-hydrogen) atoms. The summed E-state index contributed by atoms with van der Waals surface area (Å²) in [6.07, 6.45) is -2.68. The number of alkyl halides is 3. The van der Waals surface area contributed by atoms with Gasteiger partial charge in [0.1, 0.15) is 0 Å². The quantitative estimate of drug-likeness (QED) is 0.780. The van der Waals surface area contributed by atoms with E-state index in [1.807, 2.05) is 0 Å². The molecule has 0 bridgehead atoms. The number of hydrogen-bond donors (Lipinski definition) is 0. The van der Waals surface area contributed by atoms with Gasteiger partial charge in [0.2, 0.25) is 0 Å². The third kappa shape index (κ3) is 3.96. The molecule has 0 heterocycles. The Labute approximate surface area is 115 Å². The highest BCUT2D eigenvalue weighted by Crippen LogP contribution is 2.31. The second-order valence-electron chi connectivity index (χ2n) is 4.90. The number of methoxy groups -OCH3 is 1. The molecule has 0 atom stereocenters. The van der Waals surface area contributed by atoms with Gasteiger partial charge in [0.05, 0.1) is 19.2 Å². The smallest absolute Gasteiger partial charge is 0.401 e. The number of halogens is 3. The maximum atomic E-state index is 12.6. The van der Waals surface area contributed by atoms with Gasteiger partial charge in [0.25, 0.3) is 0 Å². The molecule has 1 saturated carbocycles. The molecule has 0 N–H and O–H groups in total. The number of hydrogen-bond acceptors (Lipinski definition) is 3. The van der Waals surface area contributed by atoms with Crippen molar-refractivity contribution in [1.82, 2.24) is 4.90 Å². The highest BCUT2D eigenvalue weighted by atomic mass is 19.4. The predicted molar refractivity (Wildman–Crippen MR) is 67.3 cm³/mol. The summed E-state index contributed by atoms with van der Waals surface area (Å²) in [5, 5.41) is 0. The summed E-state index contributed by atoms with van der Waals surface area (Å²) in [5.74, 6) is -0.525. The summed E-state index contributed by atoms with van der Waals surface area (Å²) < 4.78 is 42.4. The third-order valence-electron chi connectivity index (χ3n) is 3.24. The molecule has 0 aliphatic heterocycles. The molecule has 6 heteroatoms. The van der Waals surface area contributed by atoms with E-state index in [1.54, 1.807) is 24.3 Å². The lowest BCUT2D eigenvalue weighted by Crippen LogP contribution is -2.35. The second-order valence-corrected chi connectivity index (χ2v) is 4.90. The number of nitrogens with zero attached hydrogens (tertiary/aromatic N) is 1. The molecule has 1 aliphatic carbocycles. The van der Waals surface area contributed by atoms with E-state index in [1.165, 1.54) is 12.0 Å². The largest absolute Gasteiger partial charge is 0.465 e. The summed E-state index contributed by atoms with van der Waals surface area (Å²) in [7, 11) is 1.26. The van der Waals surface area contributed by atoms with E-state index in [0.717, 1.165) is 12.8 Å². The number of carbonyl (C=O) groups is 1.